The van der Waals surface area contributed by atoms with E-state index in [2.05, 4.69) is 15.7 Å². The van der Waals surface area contributed by atoms with Crippen LogP contribution in [0.5, 0.6) is 0 Å². The molecule has 176 valence electrons. The van der Waals surface area contributed by atoms with E-state index in [9.17, 15) is 18.0 Å². The van der Waals surface area contributed by atoms with Crippen LogP contribution in [-0.4, -0.2) is 33.1 Å². The van der Waals surface area contributed by atoms with Crippen molar-refractivity contribution in [2.45, 2.75) is 10.6 Å². The molecule has 1 aromatic heterocycles. The highest BCUT2D eigenvalue weighted by Crippen LogP contribution is 2.32. The van der Waals surface area contributed by atoms with Gasteiger partial charge in [0.1, 0.15) is 4.21 Å². The molecule has 0 aliphatic carbocycles. The Balaban J connectivity index is 1.47. The van der Waals surface area contributed by atoms with Gasteiger partial charge in [0.05, 0.1) is 27.2 Å². The second kappa shape index (κ2) is 9.63. The van der Waals surface area contributed by atoms with Crippen LogP contribution in [-0.2, 0) is 14.8 Å². The highest BCUT2D eigenvalue weighted by Gasteiger charge is 2.28. The molecule has 0 fully saturated rings. The maximum atomic E-state index is 12.6. The Morgan fingerprint density at radius 3 is 2.38 bits per heavy atom. The summed E-state index contributed by atoms with van der Waals surface area (Å²) in [5.74, 6) is -0.256. The van der Waals surface area contributed by atoms with Gasteiger partial charge in [-0.3, -0.25) is 4.79 Å². The molecule has 0 bridgehead atoms. The number of carbonyl (C=O) groups excluding carboxylic acids is 2. The first-order valence-electron chi connectivity index (χ1n) is 9.73. The molecule has 9 nitrogen and oxygen atoms in total. The Kier molecular flexibility index (Phi) is 6.80. The minimum atomic E-state index is -4.07. The number of sulfonamides is 1. The highest BCUT2D eigenvalue weighted by atomic mass is 35.5. The van der Waals surface area contributed by atoms with Crippen molar-refractivity contribution in [3.63, 3.8) is 0 Å². The molecule has 1 aliphatic rings. The lowest BCUT2D eigenvalue weighted by molar-refractivity contribution is -0.116. The molecule has 0 saturated heterocycles. The summed E-state index contributed by atoms with van der Waals surface area (Å²) < 4.78 is 26.6. The first-order chi connectivity index (χ1) is 16.2. The van der Waals surface area contributed by atoms with Crippen LogP contribution in [0.2, 0.25) is 9.36 Å². The van der Waals surface area contributed by atoms with Gasteiger partial charge < -0.3 is 10.6 Å². The van der Waals surface area contributed by atoms with E-state index in [1.807, 2.05) is 36.0 Å². The number of hydrogen-bond donors (Lipinski definition) is 3. The molecule has 2 heterocycles. The van der Waals surface area contributed by atoms with Crippen LogP contribution in [0, 0.1) is 0 Å². The molecule has 3 aromatic rings. The zero-order valence-corrected chi connectivity index (χ0v) is 20.6. The van der Waals surface area contributed by atoms with Gasteiger partial charge in [-0.2, -0.15) is 10.1 Å². The quantitative estimate of drug-likeness (QED) is 0.419. The van der Waals surface area contributed by atoms with Gasteiger partial charge in [-0.25, -0.2) is 17.9 Å². The van der Waals surface area contributed by atoms with E-state index >= 15 is 0 Å². The minimum Gasteiger partial charge on any atom is -0.388 e. The summed E-state index contributed by atoms with van der Waals surface area (Å²) in [6.45, 7) is 0. The highest BCUT2D eigenvalue weighted by molar-refractivity contribution is 7.92. The number of rotatable bonds is 6. The van der Waals surface area contributed by atoms with Gasteiger partial charge in [0.25, 0.3) is 15.9 Å². The van der Waals surface area contributed by atoms with Crippen LogP contribution in [0.4, 0.5) is 21.9 Å². The normalized spacial score (nSPS) is 13.6. The molecule has 0 radical (unpaired) electrons. The third-order valence-corrected chi connectivity index (χ3v) is 8.11. The topological polar surface area (TPSA) is 120 Å². The monoisotopic (exact) mass is 537 g/mol. The largest absolute Gasteiger partial charge is 0.388 e. The smallest absolute Gasteiger partial charge is 0.333 e. The standard InChI is InChI=1S/C21H17Cl2N5O4S2/c1-24-13-4-2-12(3-5-13)16-11-19(29)28(26-16)17-7-6-14(10-15(17)22)25-21(30)27-34(31,32)20-9-8-18(23)33-20/h2-10,24H,11H2,1H3,(H2,25,27,30). The molecule has 4 rings (SSSR count). The van der Waals surface area contributed by atoms with Crippen molar-refractivity contribution >= 4 is 79.3 Å². The van der Waals surface area contributed by atoms with E-state index in [4.69, 9.17) is 23.2 Å². The summed E-state index contributed by atoms with van der Waals surface area (Å²) >= 11 is 12.9. The summed E-state index contributed by atoms with van der Waals surface area (Å²) in [5.41, 5.74) is 2.91. The summed E-state index contributed by atoms with van der Waals surface area (Å²) in [7, 11) is -2.25. The maximum absolute atomic E-state index is 12.6. The molecule has 2 aromatic carbocycles. The predicted molar refractivity (Wildman–Crippen MR) is 135 cm³/mol. The second-order valence-corrected chi connectivity index (χ2v) is 11.1. The van der Waals surface area contributed by atoms with Gasteiger partial charge in [0, 0.05) is 18.4 Å². The molecule has 34 heavy (non-hydrogen) atoms. The molecular weight excluding hydrogens is 521 g/mol. The van der Waals surface area contributed by atoms with E-state index < -0.39 is 16.1 Å². The third kappa shape index (κ3) is 5.17. The molecule has 13 heteroatoms. The number of amides is 3. The molecule has 0 spiro atoms. The Bertz CT molecular complexity index is 1400. The van der Waals surface area contributed by atoms with E-state index in [1.54, 1.807) is 0 Å². The van der Waals surface area contributed by atoms with Crippen molar-refractivity contribution in [2.75, 3.05) is 22.7 Å². The van der Waals surface area contributed by atoms with Crippen molar-refractivity contribution in [2.24, 2.45) is 5.10 Å². The van der Waals surface area contributed by atoms with Gasteiger partial charge in [-0.15, -0.1) is 11.3 Å². The van der Waals surface area contributed by atoms with Crippen molar-refractivity contribution in [1.82, 2.24) is 4.72 Å². The summed E-state index contributed by atoms with van der Waals surface area (Å²) in [4.78, 5) is 24.8. The van der Waals surface area contributed by atoms with Crippen molar-refractivity contribution in [1.29, 1.82) is 0 Å². The number of anilines is 3. The Hall–Kier alpha value is -3.12. The fourth-order valence-electron chi connectivity index (χ4n) is 3.13. The maximum Gasteiger partial charge on any atom is 0.333 e. The van der Waals surface area contributed by atoms with Crippen LogP contribution < -0.4 is 20.4 Å². The van der Waals surface area contributed by atoms with Gasteiger partial charge in [-0.05, 0) is 48.0 Å². The lowest BCUT2D eigenvalue weighted by Crippen LogP contribution is -2.34. The fraction of sp³-hybridized carbons (Fsp3) is 0.0952. The second-order valence-electron chi connectivity index (χ2n) is 7.04. The van der Waals surface area contributed by atoms with E-state index in [0.717, 1.165) is 22.6 Å². The summed E-state index contributed by atoms with van der Waals surface area (Å²) in [6, 6.07) is 13.6. The number of urea groups is 1. The van der Waals surface area contributed by atoms with E-state index in [-0.39, 0.29) is 31.6 Å². The van der Waals surface area contributed by atoms with Gasteiger partial charge in [0.2, 0.25) is 0 Å². The van der Waals surface area contributed by atoms with Crippen molar-refractivity contribution in [3.8, 4) is 0 Å². The average molecular weight is 538 g/mol. The van der Waals surface area contributed by atoms with Crippen LogP contribution in [0.3, 0.4) is 0 Å². The summed E-state index contributed by atoms with van der Waals surface area (Å²) in [6.07, 6.45) is 0.113. The summed E-state index contributed by atoms with van der Waals surface area (Å²) in [5, 5.41) is 11.2. The molecule has 3 amide bonds. The number of nitrogens with one attached hydrogen (secondary N) is 3. The molecule has 0 unspecified atom stereocenters. The molecule has 1 aliphatic heterocycles. The van der Waals surface area contributed by atoms with E-state index in [1.165, 1.54) is 35.3 Å². The third-order valence-electron chi connectivity index (χ3n) is 4.76. The number of carbonyl (C=O) groups is 2. The minimum absolute atomic E-state index is 0.0946. The fourth-order valence-corrected chi connectivity index (χ4v) is 5.79. The van der Waals surface area contributed by atoms with E-state index in [0.29, 0.717) is 11.4 Å². The Morgan fingerprint density at radius 2 is 1.76 bits per heavy atom. The predicted octanol–water partition coefficient (Wildman–Crippen LogP) is 4.75. The Labute approximate surface area is 209 Å². The molecule has 0 atom stereocenters. The number of nitrogens with zero attached hydrogens (tertiary/aromatic N) is 2. The molecular formula is C21H17Cl2N5O4S2. The van der Waals surface area contributed by atoms with Crippen molar-refractivity contribution in [3.05, 3.63) is 69.5 Å². The van der Waals surface area contributed by atoms with Gasteiger partial charge >= 0.3 is 6.03 Å². The zero-order chi connectivity index (χ0) is 24.5. The van der Waals surface area contributed by atoms with Crippen LogP contribution >= 0.6 is 34.5 Å². The molecule has 0 saturated carbocycles. The van der Waals surface area contributed by atoms with Gasteiger partial charge in [0.15, 0.2) is 0 Å². The van der Waals surface area contributed by atoms with Crippen LogP contribution in [0.1, 0.15) is 12.0 Å². The number of halogens is 2. The number of hydrogen-bond acceptors (Lipinski definition) is 7. The van der Waals surface area contributed by atoms with Crippen LogP contribution in [0.15, 0.2) is 63.9 Å². The number of benzene rings is 2. The van der Waals surface area contributed by atoms with Crippen molar-refractivity contribution < 1.29 is 18.0 Å². The first-order valence-corrected chi connectivity index (χ1v) is 12.8. The SMILES string of the molecule is CNc1ccc(C2=NN(c3ccc(NC(=O)NS(=O)(=O)c4ccc(Cl)s4)cc3Cl)C(=O)C2)cc1. The number of hydrazone groups is 1. The lowest BCUT2D eigenvalue weighted by Gasteiger charge is -2.15. The lowest BCUT2D eigenvalue weighted by atomic mass is 10.1. The Morgan fingerprint density at radius 1 is 1.06 bits per heavy atom. The van der Waals surface area contributed by atoms with Crippen LogP contribution in [0.25, 0.3) is 0 Å². The number of thiophene rings is 1. The van der Waals surface area contributed by atoms with Gasteiger partial charge in [-0.1, -0.05) is 35.3 Å². The zero-order valence-electron chi connectivity index (χ0n) is 17.5. The molecule has 3 N–H and O–H groups in total. The first kappa shape index (κ1) is 24.0. The average Bonchev–Trinajstić information content (AvgIpc) is 3.40.